The summed E-state index contributed by atoms with van der Waals surface area (Å²) in [7, 11) is 0. The second-order valence-corrected chi connectivity index (χ2v) is 6.09. The number of benzene rings is 1. The lowest BCUT2D eigenvalue weighted by Crippen LogP contribution is -2.02. The molecule has 0 N–H and O–H groups in total. The van der Waals surface area contributed by atoms with E-state index in [-0.39, 0.29) is 0 Å². The van der Waals surface area contributed by atoms with Crippen molar-refractivity contribution in [1.82, 2.24) is 0 Å². The van der Waals surface area contributed by atoms with Crippen LogP contribution in [0.2, 0.25) is 0 Å². The molecule has 2 aromatic heterocycles. The Kier molecular flexibility index (Phi) is 3.58. The molecule has 2 heterocycles. The van der Waals surface area contributed by atoms with Crippen LogP contribution in [0.3, 0.4) is 0 Å². The van der Waals surface area contributed by atoms with Crippen LogP contribution in [0.5, 0.6) is 0 Å². The Morgan fingerprint density at radius 3 is 2.25 bits per heavy atom. The number of hydrogen-bond acceptors (Lipinski definition) is 4. The van der Waals surface area contributed by atoms with Crippen LogP contribution >= 0.6 is 22.7 Å². The average molecular weight is 298 g/mol. The molecular formula is C16H10O2S2. The van der Waals surface area contributed by atoms with E-state index in [2.05, 4.69) is 0 Å². The Balaban J connectivity index is 2.18. The van der Waals surface area contributed by atoms with Crippen molar-refractivity contribution in [1.29, 1.82) is 0 Å². The maximum Gasteiger partial charge on any atom is 0.226 e. The highest BCUT2D eigenvalue weighted by atomic mass is 32.1. The molecule has 0 spiro atoms. The Morgan fingerprint density at radius 2 is 1.65 bits per heavy atom. The van der Waals surface area contributed by atoms with E-state index in [4.69, 9.17) is 0 Å². The first kappa shape index (κ1) is 13.0. The monoisotopic (exact) mass is 298 g/mol. The Morgan fingerprint density at radius 1 is 0.950 bits per heavy atom. The van der Waals surface area contributed by atoms with Crippen LogP contribution in [-0.2, 0) is 4.79 Å². The fraction of sp³-hybridized carbons (Fsp3) is 0. The standard InChI is InChI=1S/C16H10O2S2/c17-10-14(18)12-6-5-11(15-3-1-7-19-15)9-13(12)16-4-2-8-20-16/h1-10H. The molecule has 0 aliphatic carbocycles. The molecule has 3 aromatic rings. The van der Waals surface area contributed by atoms with Gasteiger partial charge in [0.15, 0.2) is 6.29 Å². The Bertz CT molecular complexity index is 741. The Hall–Kier alpha value is -2.04. The zero-order valence-corrected chi connectivity index (χ0v) is 12.0. The van der Waals surface area contributed by atoms with Gasteiger partial charge >= 0.3 is 0 Å². The first-order chi connectivity index (χ1) is 9.79. The predicted molar refractivity (Wildman–Crippen MR) is 83.5 cm³/mol. The van der Waals surface area contributed by atoms with Crippen molar-refractivity contribution in [3.8, 4) is 20.9 Å². The van der Waals surface area contributed by atoms with Gasteiger partial charge in [0.2, 0.25) is 5.78 Å². The summed E-state index contributed by atoms with van der Waals surface area (Å²) in [6.07, 6.45) is 0.372. The third-order valence-corrected chi connectivity index (χ3v) is 4.81. The first-order valence-corrected chi connectivity index (χ1v) is 7.77. The molecule has 0 unspecified atom stereocenters. The van der Waals surface area contributed by atoms with E-state index >= 15 is 0 Å². The molecule has 2 nitrogen and oxygen atoms in total. The van der Waals surface area contributed by atoms with Gasteiger partial charge in [-0.3, -0.25) is 9.59 Å². The largest absolute Gasteiger partial charge is 0.294 e. The van der Waals surface area contributed by atoms with Gasteiger partial charge in [0.25, 0.3) is 0 Å². The van der Waals surface area contributed by atoms with E-state index in [1.165, 1.54) is 0 Å². The van der Waals surface area contributed by atoms with Crippen LogP contribution in [0.25, 0.3) is 20.9 Å². The number of hydrogen-bond donors (Lipinski definition) is 0. The second-order valence-electron chi connectivity index (χ2n) is 4.20. The normalized spacial score (nSPS) is 10.4. The lowest BCUT2D eigenvalue weighted by molar-refractivity contribution is -0.104. The summed E-state index contributed by atoms with van der Waals surface area (Å²) in [6, 6.07) is 13.5. The zero-order chi connectivity index (χ0) is 13.9. The van der Waals surface area contributed by atoms with Crippen molar-refractivity contribution in [2.24, 2.45) is 0 Å². The number of thiophene rings is 2. The van der Waals surface area contributed by atoms with Crippen LogP contribution in [0.1, 0.15) is 10.4 Å². The van der Waals surface area contributed by atoms with Gasteiger partial charge in [-0.2, -0.15) is 0 Å². The molecule has 1 aromatic carbocycles. The van der Waals surface area contributed by atoms with Gasteiger partial charge in [-0.05, 0) is 40.6 Å². The topological polar surface area (TPSA) is 34.1 Å². The van der Waals surface area contributed by atoms with Gasteiger partial charge < -0.3 is 0 Å². The molecule has 0 bridgehead atoms. The van der Waals surface area contributed by atoms with Crippen molar-refractivity contribution < 1.29 is 9.59 Å². The second kappa shape index (κ2) is 5.53. The lowest BCUT2D eigenvalue weighted by atomic mass is 9.99. The van der Waals surface area contributed by atoms with Crippen molar-refractivity contribution in [2.75, 3.05) is 0 Å². The quantitative estimate of drug-likeness (QED) is 0.403. The third-order valence-electron chi connectivity index (χ3n) is 2.98. The molecule has 4 heteroatoms. The highest BCUT2D eigenvalue weighted by Gasteiger charge is 2.14. The fourth-order valence-electron chi connectivity index (χ4n) is 2.05. The molecule has 20 heavy (non-hydrogen) atoms. The van der Waals surface area contributed by atoms with Crippen LogP contribution in [0.4, 0.5) is 0 Å². The van der Waals surface area contributed by atoms with E-state index in [0.29, 0.717) is 11.8 Å². The van der Waals surface area contributed by atoms with E-state index in [1.807, 2.05) is 47.2 Å². The van der Waals surface area contributed by atoms with Gasteiger partial charge in [0.1, 0.15) is 0 Å². The summed E-state index contributed by atoms with van der Waals surface area (Å²) < 4.78 is 0. The molecule has 3 rings (SSSR count). The van der Waals surface area contributed by atoms with E-state index in [1.54, 1.807) is 28.7 Å². The molecular weight excluding hydrogens is 288 g/mol. The van der Waals surface area contributed by atoms with Gasteiger partial charge in [-0.15, -0.1) is 22.7 Å². The fourth-order valence-corrected chi connectivity index (χ4v) is 3.54. The SMILES string of the molecule is O=CC(=O)c1ccc(-c2cccs2)cc1-c1cccs1. The molecule has 0 fully saturated rings. The maximum absolute atomic E-state index is 11.8. The van der Waals surface area contributed by atoms with Crippen LogP contribution in [0, 0.1) is 0 Å². The van der Waals surface area contributed by atoms with Crippen LogP contribution in [-0.4, -0.2) is 12.1 Å². The number of rotatable bonds is 4. The van der Waals surface area contributed by atoms with Gasteiger partial charge in [-0.25, -0.2) is 0 Å². The predicted octanol–water partition coefficient (Wildman–Crippen LogP) is 4.53. The van der Waals surface area contributed by atoms with Gasteiger partial charge in [0.05, 0.1) is 0 Å². The minimum Gasteiger partial charge on any atom is -0.294 e. The summed E-state index contributed by atoms with van der Waals surface area (Å²) in [4.78, 5) is 24.7. The van der Waals surface area contributed by atoms with Crippen molar-refractivity contribution in [3.63, 3.8) is 0 Å². The summed E-state index contributed by atoms with van der Waals surface area (Å²) in [5.41, 5.74) is 2.34. The molecule has 0 aliphatic rings. The summed E-state index contributed by atoms with van der Waals surface area (Å²) >= 11 is 3.21. The van der Waals surface area contributed by atoms with Gasteiger partial charge in [0, 0.05) is 20.9 Å². The summed E-state index contributed by atoms with van der Waals surface area (Å²) in [5, 5.41) is 3.98. The minimum absolute atomic E-state index is 0.372. The molecule has 0 amide bonds. The maximum atomic E-state index is 11.8. The van der Waals surface area contributed by atoms with Crippen molar-refractivity contribution in [2.45, 2.75) is 0 Å². The third kappa shape index (κ3) is 2.35. The summed E-state index contributed by atoms with van der Waals surface area (Å²) in [5.74, 6) is -0.480. The molecule has 0 saturated heterocycles. The summed E-state index contributed by atoms with van der Waals surface area (Å²) in [6.45, 7) is 0. The number of ketones is 1. The van der Waals surface area contributed by atoms with Crippen LogP contribution in [0.15, 0.2) is 53.2 Å². The smallest absolute Gasteiger partial charge is 0.226 e. The van der Waals surface area contributed by atoms with Gasteiger partial charge in [-0.1, -0.05) is 18.2 Å². The number of aldehydes is 1. The molecule has 0 atom stereocenters. The molecule has 98 valence electrons. The van der Waals surface area contributed by atoms with Crippen molar-refractivity contribution in [3.05, 3.63) is 58.8 Å². The Labute approximate surface area is 124 Å². The minimum atomic E-state index is -0.480. The number of carbonyl (C=O) groups is 2. The molecule has 0 saturated carbocycles. The first-order valence-electron chi connectivity index (χ1n) is 6.01. The van der Waals surface area contributed by atoms with Crippen LogP contribution < -0.4 is 0 Å². The molecule has 0 aliphatic heterocycles. The highest BCUT2D eigenvalue weighted by molar-refractivity contribution is 7.14. The number of Topliss-reactive ketones (excluding diaryl/α,β-unsaturated/α-hetero) is 1. The molecule has 0 radical (unpaired) electrons. The number of carbonyl (C=O) groups excluding carboxylic acids is 2. The van der Waals surface area contributed by atoms with E-state index in [0.717, 1.165) is 20.9 Å². The van der Waals surface area contributed by atoms with Crippen molar-refractivity contribution >= 4 is 34.7 Å². The highest BCUT2D eigenvalue weighted by Crippen LogP contribution is 2.33. The zero-order valence-electron chi connectivity index (χ0n) is 10.4. The van der Waals surface area contributed by atoms with E-state index in [9.17, 15) is 9.59 Å². The average Bonchev–Trinajstić information content (AvgIpc) is 3.18. The van der Waals surface area contributed by atoms with E-state index < -0.39 is 5.78 Å². The lowest BCUT2D eigenvalue weighted by Gasteiger charge is -2.07.